The Morgan fingerprint density at radius 2 is 1.76 bits per heavy atom. The van der Waals surface area contributed by atoms with Gasteiger partial charge in [0.1, 0.15) is 11.6 Å². The molecule has 144 valence electrons. The molecule has 0 radical (unpaired) electrons. The SMILES string of the molecule is COc1cccc(-n2c(/C=C/c3ccc(O)c(O)c3)nc3ccccc3c2=O)c1. The van der Waals surface area contributed by atoms with E-state index in [4.69, 9.17) is 4.74 Å². The third kappa shape index (κ3) is 3.55. The van der Waals surface area contributed by atoms with E-state index in [-0.39, 0.29) is 17.1 Å². The fourth-order valence-electron chi connectivity index (χ4n) is 3.08. The van der Waals surface area contributed by atoms with Crippen LogP contribution >= 0.6 is 0 Å². The maximum atomic E-state index is 13.2. The Kier molecular flexibility index (Phi) is 4.75. The zero-order chi connectivity index (χ0) is 20.4. The van der Waals surface area contributed by atoms with Crippen LogP contribution < -0.4 is 10.3 Å². The van der Waals surface area contributed by atoms with E-state index in [1.54, 1.807) is 61.7 Å². The van der Waals surface area contributed by atoms with Gasteiger partial charge in [0.2, 0.25) is 0 Å². The number of rotatable bonds is 4. The minimum Gasteiger partial charge on any atom is -0.504 e. The number of para-hydroxylation sites is 1. The highest BCUT2D eigenvalue weighted by Crippen LogP contribution is 2.26. The summed E-state index contributed by atoms with van der Waals surface area (Å²) in [4.78, 5) is 17.9. The van der Waals surface area contributed by atoms with Gasteiger partial charge in [0.15, 0.2) is 11.5 Å². The van der Waals surface area contributed by atoms with E-state index in [9.17, 15) is 15.0 Å². The molecule has 0 spiro atoms. The van der Waals surface area contributed by atoms with Crippen LogP contribution in [0.2, 0.25) is 0 Å². The van der Waals surface area contributed by atoms with Crippen LogP contribution in [0.3, 0.4) is 0 Å². The number of hydrogen-bond donors (Lipinski definition) is 2. The van der Waals surface area contributed by atoms with Crippen molar-refractivity contribution in [3.63, 3.8) is 0 Å². The molecule has 0 aliphatic carbocycles. The molecule has 1 heterocycles. The van der Waals surface area contributed by atoms with Gasteiger partial charge in [0.25, 0.3) is 5.56 Å². The molecule has 0 bridgehead atoms. The number of phenolic OH excluding ortho intramolecular Hbond substituents is 2. The second kappa shape index (κ2) is 7.52. The summed E-state index contributed by atoms with van der Waals surface area (Å²) in [5.74, 6) is 0.638. The summed E-state index contributed by atoms with van der Waals surface area (Å²) in [5.41, 5.74) is 1.67. The highest BCUT2D eigenvalue weighted by molar-refractivity contribution is 5.80. The molecule has 0 amide bonds. The van der Waals surface area contributed by atoms with Gasteiger partial charge in [-0.15, -0.1) is 0 Å². The van der Waals surface area contributed by atoms with Crippen LogP contribution in [0, 0.1) is 0 Å². The molecule has 1 aromatic heterocycles. The van der Waals surface area contributed by atoms with Gasteiger partial charge in [-0.05, 0) is 48.0 Å². The number of nitrogens with zero attached hydrogens (tertiary/aromatic N) is 2. The van der Waals surface area contributed by atoms with Crippen LogP contribution in [0.1, 0.15) is 11.4 Å². The smallest absolute Gasteiger partial charge is 0.266 e. The average Bonchev–Trinajstić information content (AvgIpc) is 2.74. The predicted molar refractivity (Wildman–Crippen MR) is 113 cm³/mol. The molecule has 3 aromatic carbocycles. The Morgan fingerprint density at radius 1 is 0.931 bits per heavy atom. The Labute approximate surface area is 166 Å². The van der Waals surface area contributed by atoms with Crippen LogP contribution in [0.4, 0.5) is 0 Å². The minimum absolute atomic E-state index is 0.195. The molecule has 0 unspecified atom stereocenters. The van der Waals surface area contributed by atoms with Crippen molar-refractivity contribution in [1.29, 1.82) is 0 Å². The lowest BCUT2D eigenvalue weighted by Crippen LogP contribution is -2.22. The van der Waals surface area contributed by atoms with Crippen molar-refractivity contribution in [1.82, 2.24) is 9.55 Å². The van der Waals surface area contributed by atoms with Gasteiger partial charge in [0.05, 0.1) is 23.7 Å². The van der Waals surface area contributed by atoms with Crippen molar-refractivity contribution in [2.24, 2.45) is 0 Å². The number of hydrogen-bond acceptors (Lipinski definition) is 5. The molecule has 2 N–H and O–H groups in total. The average molecular weight is 386 g/mol. The predicted octanol–water partition coefficient (Wildman–Crippen LogP) is 3.98. The largest absolute Gasteiger partial charge is 0.504 e. The number of phenols is 2. The number of benzene rings is 3. The number of aromatic hydroxyl groups is 2. The van der Waals surface area contributed by atoms with Gasteiger partial charge in [-0.25, -0.2) is 4.98 Å². The lowest BCUT2D eigenvalue weighted by molar-refractivity contribution is 0.403. The first-order valence-corrected chi connectivity index (χ1v) is 8.93. The molecular weight excluding hydrogens is 368 g/mol. The van der Waals surface area contributed by atoms with Gasteiger partial charge < -0.3 is 14.9 Å². The van der Waals surface area contributed by atoms with E-state index in [1.165, 1.54) is 16.7 Å². The van der Waals surface area contributed by atoms with E-state index in [0.717, 1.165) is 0 Å². The first-order valence-electron chi connectivity index (χ1n) is 8.93. The highest BCUT2D eigenvalue weighted by Gasteiger charge is 2.11. The summed E-state index contributed by atoms with van der Waals surface area (Å²) < 4.78 is 6.81. The van der Waals surface area contributed by atoms with Crippen molar-refractivity contribution in [2.75, 3.05) is 7.11 Å². The maximum absolute atomic E-state index is 13.2. The van der Waals surface area contributed by atoms with Gasteiger partial charge >= 0.3 is 0 Å². The quantitative estimate of drug-likeness (QED) is 0.519. The van der Waals surface area contributed by atoms with E-state index >= 15 is 0 Å². The fraction of sp³-hybridized carbons (Fsp3) is 0.0435. The number of methoxy groups -OCH3 is 1. The fourth-order valence-corrected chi connectivity index (χ4v) is 3.08. The van der Waals surface area contributed by atoms with Gasteiger partial charge in [0, 0.05) is 6.07 Å². The van der Waals surface area contributed by atoms with Crippen LogP contribution in [0.5, 0.6) is 17.2 Å². The second-order valence-electron chi connectivity index (χ2n) is 6.41. The van der Waals surface area contributed by atoms with Crippen LogP contribution in [0.15, 0.2) is 71.5 Å². The Hall–Kier alpha value is -4.06. The summed E-state index contributed by atoms with van der Waals surface area (Å²) in [6, 6.07) is 18.8. The summed E-state index contributed by atoms with van der Waals surface area (Å²) in [7, 11) is 1.57. The Balaban J connectivity index is 1.92. The number of aromatic nitrogens is 2. The molecular formula is C23H18N2O4. The third-order valence-electron chi connectivity index (χ3n) is 4.54. The molecule has 0 saturated heterocycles. The first kappa shape index (κ1) is 18.3. The van der Waals surface area contributed by atoms with Crippen molar-refractivity contribution in [3.05, 3.63) is 88.5 Å². The molecule has 29 heavy (non-hydrogen) atoms. The molecule has 0 atom stereocenters. The topological polar surface area (TPSA) is 84.6 Å². The summed E-state index contributed by atoms with van der Waals surface area (Å²) >= 11 is 0. The standard InChI is InChI=1S/C23H18N2O4/c1-29-17-6-4-5-16(14-17)25-22(12-10-15-9-11-20(26)21(27)13-15)24-19-8-3-2-7-18(19)23(25)28/h2-14,26-27H,1H3/b12-10+. The maximum Gasteiger partial charge on any atom is 0.266 e. The molecule has 0 saturated carbocycles. The lowest BCUT2D eigenvalue weighted by atomic mass is 10.1. The molecule has 0 fully saturated rings. The van der Waals surface area contributed by atoms with E-state index in [0.29, 0.717) is 33.7 Å². The molecule has 6 nitrogen and oxygen atoms in total. The first-order chi connectivity index (χ1) is 14.1. The van der Waals surface area contributed by atoms with Crippen LogP contribution in [-0.4, -0.2) is 26.9 Å². The molecule has 4 aromatic rings. The molecule has 6 heteroatoms. The summed E-state index contributed by atoms with van der Waals surface area (Å²) in [6.07, 6.45) is 3.41. The van der Waals surface area contributed by atoms with Crippen molar-refractivity contribution < 1.29 is 14.9 Å². The molecule has 0 aliphatic rings. The van der Waals surface area contributed by atoms with Gasteiger partial charge in [-0.1, -0.05) is 30.3 Å². The Morgan fingerprint density at radius 3 is 2.55 bits per heavy atom. The van der Waals surface area contributed by atoms with E-state index in [2.05, 4.69) is 4.98 Å². The number of ether oxygens (including phenoxy) is 1. The van der Waals surface area contributed by atoms with E-state index < -0.39 is 0 Å². The lowest BCUT2D eigenvalue weighted by Gasteiger charge is -2.12. The normalized spacial score (nSPS) is 11.2. The van der Waals surface area contributed by atoms with Crippen molar-refractivity contribution in [2.45, 2.75) is 0 Å². The summed E-state index contributed by atoms with van der Waals surface area (Å²) in [5, 5.41) is 19.7. The van der Waals surface area contributed by atoms with Crippen LogP contribution in [-0.2, 0) is 0 Å². The second-order valence-corrected chi connectivity index (χ2v) is 6.41. The van der Waals surface area contributed by atoms with Gasteiger partial charge in [-0.3, -0.25) is 9.36 Å². The zero-order valence-corrected chi connectivity index (χ0v) is 15.6. The van der Waals surface area contributed by atoms with E-state index in [1.807, 2.05) is 12.1 Å². The zero-order valence-electron chi connectivity index (χ0n) is 15.6. The third-order valence-corrected chi connectivity index (χ3v) is 4.54. The van der Waals surface area contributed by atoms with Gasteiger partial charge in [-0.2, -0.15) is 0 Å². The number of fused-ring (bicyclic) bond motifs is 1. The highest BCUT2D eigenvalue weighted by atomic mass is 16.5. The molecule has 4 rings (SSSR count). The van der Waals surface area contributed by atoms with Crippen molar-refractivity contribution in [3.8, 4) is 22.9 Å². The Bertz CT molecular complexity index is 1290. The van der Waals surface area contributed by atoms with Crippen molar-refractivity contribution >= 4 is 23.1 Å². The van der Waals surface area contributed by atoms with Crippen LogP contribution in [0.25, 0.3) is 28.7 Å². The summed E-state index contributed by atoms with van der Waals surface area (Å²) in [6.45, 7) is 0. The molecule has 0 aliphatic heterocycles. The monoisotopic (exact) mass is 386 g/mol. The minimum atomic E-state index is -0.219.